The number of hydrogen-bond acceptors (Lipinski definition) is 10. The van der Waals surface area contributed by atoms with Gasteiger partial charge in [0, 0.05) is 59.3 Å². The first-order chi connectivity index (χ1) is 26.9. The standard InChI is InChI=1S/C44H54N2O7S2/c1-4-24-52-44-41(55-35-19-16-32(17-20-35)45-30(2)49)29-39(46-50-3)37-27-31(12-8-10-22-47)36(15-9-11-23-48)42(43(37)44)38-28-33(18-21-40(38)53-44)51-25-26-54-34-13-6-5-7-14-34/h4-7,13-14,16-21,27-28,31,36,41-43,47-48H,1,8-12,15,22-26,29H2,2-3H3,(H,45,49). The number of nitrogens with zero attached hydrogens (tertiary/aromatic N) is 1. The highest BCUT2D eigenvalue weighted by Gasteiger charge is 2.64. The van der Waals surface area contributed by atoms with Gasteiger partial charge in [-0.05, 0) is 97.7 Å². The van der Waals surface area contributed by atoms with E-state index in [1.165, 1.54) is 11.8 Å². The number of carbonyl (C=O) groups excluding carboxylic acids is 1. The third-order valence-corrected chi connectivity index (χ3v) is 12.9. The molecule has 6 atom stereocenters. The van der Waals surface area contributed by atoms with Crippen molar-refractivity contribution in [2.75, 3.05) is 44.6 Å². The van der Waals surface area contributed by atoms with Crippen molar-refractivity contribution >= 4 is 40.8 Å². The Balaban J connectivity index is 1.44. The van der Waals surface area contributed by atoms with Crippen molar-refractivity contribution in [3.63, 3.8) is 0 Å². The molecule has 0 spiro atoms. The zero-order chi connectivity index (χ0) is 38.6. The summed E-state index contributed by atoms with van der Waals surface area (Å²) in [5.74, 6) is 1.30. The van der Waals surface area contributed by atoms with Crippen molar-refractivity contribution in [1.82, 2.24) is 0 Å². The molecule has 1 amide bonds. The van der Waals surface area contributed by atoms with Gasteiger partial charge in [0.15, 0.2) is 0 Å². The summed E-state index contributed by atoms with van der Waals surface area (Å²) < 4.78 is 20.7. The van der Waals surface area contributed by atoms with E-state index in [2.05, 4.69) is 41.3 Å². The van der Waals surface area contributed by atoms with E-state index in [-0.39, 0.29) is 54.6 Å². The van der Waals surface area contributed by atoms with E-state index in [0.717, 1.165) is 83.2 Å². The molecule has 11 heteroatoms. The highest BCUT2D eigenvalue weighted by molar-refractivity contribution is 8.00. The fourth-order valence-electron chi connectivity index (χ4n) is 8.44. The number of oxime groups is 1. The minimum atomic E-state index is -1.09. The molecule has 1 heterocycles. The third-order valence-electron chi connectivity index (χ3n) is 10.6. The number of nitrogens with one attached hydrogen (secondary N) is 1. The molecule has 0 radical (unpaired) electrons. The van der Waals surface area contributed by atoms with Crippen molar-refractivity contribution in [3.8, 4) is 11.5 Å². The predicted octanol–water partition coefficient (Wildman–Crippen LogP) is 8.87. The second kappa shape index (κ2) is 19.9. The Labute approximate surface area is 333 Å². The normalized spacial score (nSPS) is 24.5. The first-order valence-corrected chi connectivity index (χ1v) is 21.2. The molecule has 0 aromatic heterocycles. The summed E-state index contributed by atoms with van der Waals surface area (Å²) in [5, 5.41) is 26.9. The number of allylic oxidation sites excluding steroid dienone is 1. The summed E-state index contributed by atoms with van der Waals surface area (Å²) >= 11 is 3.45. The SMILES string of the molecule is C=CCOC12Oc3ccc(OCCSc4ccccc4)cc3C3C(CCCCO)C(CCCCO)C=C(C(=NOC)CC1Sc1ccc(NC(C)=O)cc1)C32. The van der Waals surface area contributed by atoms with Gasteiger partial charge in [0.25, 0.3) is 0 Å². The molecule has 3 N–H and O–H groups in total. The number of unbranched alkanes of at least 4 members (excludes halogenated alkanes) is 2. The van der Waals surface area contributed by atoms with E-state index < -0.39 is 5.79 Å². The average Bonchev–Trinajstić information content (AvgIpc) is 3.19. The van der Waals surface area contributed by atoms with Crippen molar-refractivity contribution in [1.29, 1.82) is 0 Å². The molecule has 6 unspecified atom stereocenters. The largest absolute Gasteiger partial charge is 0.493 e. The fraction of sp³-hybridized carbons (Fsp3) is 0.455. The molecule has 55 heavy (non-hydrogen) atoms. The summed E-state index contributed by atoms with van der Waals surface area (Å²) in [6.07, 6.45) is 9.76. The van der Waals surface area contributed by atoms with Crippen LogP contribution >= 0.6 is 23.5 Å². The number of benzene rings is 3. The Morgan fingerprint density at radius 3 is 2.49 bits per heavy atom. The maximum Gasteiger partial charge on any atom is 0.231 e. The van der Waals surface area contributed by atoms with E-state index >= 15 is 0 Å². The van der Waals surface area contributed by atoms with Crippen LogP contribution in [-0.4, -0.2) is 72.2 Å². The van der Waals surface area contributed by atoms with Gasteiger partial charge in [-0.3, -0.25) is 4.79 Å². The lowest BCUT2D eigenvalue weighted by Crippen LogP contribution is -2.64. The molecule has 1 fully saturated rings. The van der Waals surface area contributed by atoms with Crippen LogP contribution in [0.15, 0.2) is 112 Å². The van der Waals surface area contributed by atoms with Crippen LogP contribution in [0.25, 0.3) is 0 Å². The minimum absolute atomic E-state index is 0.0266. The number of ether oxygens (including phenoxy) is 3. The van der Waals surface area contributed by atoms with Crippen LogP contribution in [0.2, 0.25) is 0 Å². The number of rotatable bonds is 20. The second-order valence-corrected chi connectivity index (χ2v) is 16.7. The Morgan fingerprint density at radius 1 is 1.02 bits per heavy atom. The van der Waals surface area contributed by atoms with E-state index in [9.17, 15) is 15.0 Å². The molecule has 0 saturated heterocycles. The number of thioether (sulfide) groups is 2. The molecule has 0 bridgehead atoms. The molecule has 3 aromatic carbocycles. The van der Waals surface area contributed by atoms with Crippen LogP contribution in [0.1, 0.15) is 63.4 Å². The monoisotopic (exact) mass is 786 g/mol. The summed E-state index contributed by atoms with van der Waals surface area (Å²) in [6, 6.07) is 24.4. The van der Waals surface area contributed by atoms with Gasteiger partial charge in [-0.2, -0.15) is 0 Å². The lowest BCUT2D eigenvalue weighted by atomic mass is 9.56. The van der Waals surface area contributed by atoms with Gasteiger partial charge in [-0.15, -0.1) is 30.1 Å². The maximum atomic E-state index is 11.7. The number of anilines is 1. The van der Waals surface area contributed by atoms with Crippen LogP contribution in [-0.2, 0) is 14.4 Å². The number of aliphatic hydroxyl groups excluding tert-OH is 2. The minimum Gasteiger partial charge on any atom is -0.493 e. The van der Waals surface area contributed by atoms with Crippen LogP contribution < -0.4 is 14.8 Å². The molecule has 294 valence electrons. The van der Waals surface area contributed by atoms with E-state index in [1.807, 2.05) is 54.6 Å². The second-order valence-electron chi connectivity index (χ2n) is 14.3. The lowest BCUT2D eigenvalue weighted by molar-refractivity contribution is -0.223. The maximum absolute atomic E-state index is 11.7. The van der Waals surface area contributed by atoms with Gasteiger partial charge in [0.2, 0.25) is 11.7 Å². The first kappa shape index (κ1) is 40.9. The third kappa shape index (κ3) is 9.81. The Hall–Kier alpha value is -3.74. The molecule has 3 aromatic rings. The topological polar surface area (TPSA) is 119 Å². The molecular weight excluding hydrogens is 733 g/mol. The van der Waals surface area contributed by atoms with E-state index in [1.54, 1.807) is 36.7 Å². The number of fused-ring (bicyclic) bond motifs is 2. The smallest absolute Gasteiger partial charge is 0.231 e. The summed E-state index contributed by atoms with van der Waals surface area (Å²) in [7, 11) is 1.59. The van der Waals surface area contributed by atoms with E-state index in [0.29, 0.717) is 13.0 Å². The van der Waals surface area contributed by atoms with Gasteiger partial charge in [-0.25, -0.2) is 0 Å². The summed E-state index contributed by atoms with van der Waals surface area (Å²) in [6.45, 7) is 6.67. The number of amides is 1. The quantitative estimate of drug-likeness (QED) is 0.0447. The lowest BCUT2D eigenvalue weighted by Gasteiger charge is -2.58. The Bertz CT molecular complexity index is 1790. The Kier molecular flexibility index (Phi) is 14.8. The number of aliphatic hydroxyl groups is 2. The van der Waals surface area contributed by atoms with Crippen molar-refractivity contribution in [3.05, 3.63) is 103 Å². The molecular formula is C44H54N2O7S2. The first-order valence-electron chi connectivity index (χ1n) is 19.4. The predicted molar refractivity (Wildman–Crippen MR) is 221 cm³/mol. The van der Waals surface area contributed by atoms with Gasteiger partial charge < -0.3 is 34.6 Å². The summed E-state index contributed by atoms with van der Waals surface area (Å²) in [5.41, 5.74) is 3.78. The van der Waals surface area contributed by atoms with Gasteiger partial charge in [0.05, 0.1) is 30.1 Å². The van der Waals surface area contributed by atoms with Gasteiger partial charge in [0.1, 0.15) is 18.6 Å². The average molecular weight is 787 g/mol. The van der Waals surface area contributed by atoms with Gasteiger partial charge >= 0.3 is 0 Å². The van der Waals surface area contributed by atoms with Gasteiger partial charge in [-0.1, -0.05) is 48.3 Å². The highest BCUT2D eigenvalue weighted by atomic mass is 32.2. The molecule has 2 aliphatic carbocycles. The molecule has 1 aliphatic heterocycles. The zero-order valence-corrected chi connectivity index (χ0v) is 33.5. The Morgan fingerprint density at radius 2 is 1.78 bits per heavy atom. The van der Waals surface area contributed by atoms with Crippen molar-refractivity contribution in [2.45, 2.75) is 78.6 Å². The molecule has 6 rings (SSSR count). The molecule has 9 nitrogen and oxygen atoms in total. The van der Waals surface area contributed by atoms with Crippen LogP contribution in [0.4, 0.5) is 5.69 Å². The van der Waals surface area contributed by atoms with E-state index in [4.69, 9.17) is 19.0 Å². The summed E-state index contributed by atoms with van der Waals surface area (Å²) in [4.78, 5) is 19.5. The van der Waals surface area contributed by atoms with Crippen molar-refractivity contribution < 1.29 is 34.1 Å². The highest BCUT2D eigenvalue weighted by Crippen LogP contribution is 2.63. The van der Waals surface area contributed by atoms with Crippen LogP contribution in [0, 0.1) is 17.8 Å². The molecule has 1 saturated carbocycles. The van der Waals surface area contributed by atoms with Crippen molar-refractivity contribution in [2.24, 2.45) is 22.9 Å². The van der Waals surface area contributed by atoms with Crippen LogP contribution in [0.3, 0.4) is 0 Å². The number of hydrogen-bond donors (Lipinski definition) is 3. The fourth-order valence-corrected chi connectivity index (χ4v) is 10.5. The molecule has 3 aliphatic rings. The zero-order valence-electron chi connectivity index (χ0n) is 31.9. The van der Waals surface area contributed by atoms with Crippen LogP contribution in [0.5, 0.6) is 11.5 Å². The number of carbonyl (C=O) groups is 1.